The third-order valence-corrected chi connectivity index (χ3v) is 7.66. The number of benzene rings is 3. The number of halogens is 1. The summed E-state index contributed by atoms with van der Waals surface area (Å²) in [6.07, 6.45) is 1.30. The minimum atomic E-state index is -3.67. The maximum Gasteiger partial charge on any atom is 0.243 e. The number of carbonyl (C=O) groups is 1. The van der Waals surface area contributed by atoms with Crippen LogP contribution in [-0.2, 0) is 14.8 Å². The van der Waals surface area contributed by atoms with Gasteiger partial charge in [-0.2, -0.15) is 4.31 Å². The van der Waals surface area contributed by atoms with Crippen molar-refractivity contribution in [2.45, 2.75) is 24.7 Å². The van der Waals surface area contributed by atoms with Crippen molar-refractivity contribution in [1.29, 1.82) is 0 Å². The highest BCUT2D eigenvalue weighted by molar-refractivity contribution is 7.89. The smallest absolute Gasteiger partial charge is 0.243 e. The van der Waals surface area contributed by atoms with Crippen LogP contribution in [0.25, 0.3) is 10.8 Å². The molecule has 1 N–H and O–H groups in total. The van der Waals surface area contributed by atoms with Crippen LogP contribution in [0.1, 0.15) is 18.4 Å². The Bertz CT molecular complexity index is 1210. The van der Waals surface area contributed by atoms with E-state index in [4.69, 9.17) is 11.6 Å². The second-order valence-electron chi connectivity index (χ2n) is 7.66. The Morgan fingerprint density at radius 3 is 2.60 bits per heavy atom. The van der Waals surface area contributed by atoms with Crippen molar-refractivity contribution < 1.29 is 13.2 Å². The van der Waals surface area contributed by atoms with Crippen molar-refractivity contribution in [2.75, 3.05) is 18.4 Å². The van der Waals surface area contributed by atoms with Gasteiger partial charge in [0.1, 0.15) is 0 Å². The van der Waals surface area contributed by atoms with Gasteiger partial charge in [-0.3, -0.25) is 4.79 Å². The van der Waals surface area contributed by atoms with Gasteiger partial charge >= 0.3 is 0 Å². The largest absolute Gasteiger partial charge is 0.326 e. The molecule has 1 amide bonds. The first-order valence-electron chi connectivity index (χ1n) is 9.90. The molecule has 1 fully saturated rings. The number of anilines is 1. The maximum absolute atomic E-state index is 13.2. The summed E-state index contributed by atoms with van der Waals surface area (Å²) < 4.78 is 27.9. The molecule has 4 rings (SSSR count). The molecule has 7 heteroatoms. The predicted molar refractivity (Wildman–Crippen MR) is 120 cm³/mol. The molecule has 0 saturated carbocycles. The van der Waals surface area contributed by atoms with Gasteiger partial charge in [0, 0.05) is 23.8 Å². The first-order chi connectivity index (χ1) is 14.3. The number of amides is 1. The molecule has 1 aliphatic rings. The van der Waals surface area contributed by atoms with Gasteiger partial charge in [0.25, 0.3) is 0 Å². The molecule has 1 saturated heterocycles. The van der Waals surface area contributed by atoms with Crippen molar-refractivity contribution in [1.82, 2.24) is 4.31 Å². The summed E-state index contributed by atoms with van der Waals surface area (Å²) in [6, 6.07) is 18.1. The number of aryl methyl sites for hydroxylation is 1. The van der Waals surface area contributed by atoms with E-state index in [1.807, 2.05) is 37.3 Å². The molecule has 3 aromatic rings. The van der Waals surface area contributed by atoms with Gasteiger partial charge in [0.15, 0.2) is 0 Å². The number of hydrogen-bond donors (Lipinski definition) is 1. The van der Waals surface area contributed by atoms with Crippen LogP contribution in [-0.4, -0.2) is 31.7 Å². The van der Waals surface area contributed by atoms with E-state index >= 15 is 0 Å². The molecular weight excluding hydrogens is 420 g/mol. The molecule has 5 nitrogen and oxygen atoms in total. The quantitative estimate of drug-likeness (QED) is 0.628. The molecule has 1 atom stereocenters. The van der Waals surface area contributed by atoms with Gasteiger partial charge in [0.2, 0.25) is 15.9 Å². The number of nitrogens with one attached hydrogen (secondary N) is 1. The second-order valence-corrected chi connectivity index (χ2v) is 10.0. The Kier molecular flexibility index (Phi) is 5.82. The fraction of sp³-hybridized carbons (Fsp3) is 0.261. The number of nitrogens with zero attached hydrogens (tertiary/aromatic N) is 1. The van der Waals surface area contributed by atoms with E-state index in [0.717, 1.165) is 16.3 Å². The first-order valence-corrected chi connectivity index (χ1v) is 11.7. The van der Waals surface area contributed by atoms with Crippen LogP contribution in [0.2, 0.25) is 5.02 Å². The highest BCUT2D eigenvalue weighted by Crippen LogP contribution is 2.27. The lowest BCUT2D eigenvalue weighted by Gasteiger charge is -2.31. The topological polar surface area (TPSA) is 66.5 Å². The third kappa shape index (κ3) is 4.21. The van der Waals surface area contributed by atoms with E-state index < -0.39 is 15.9 Å². The highest BCUT2D eigenvalue weighted by atomic mass is 35.5. The molecular formula is C23H23ClN2O3S. The summed E-state index contributed by atoms with van der Waals surface area (Å²) in [7, 11) is -3.67. The number of hydrogen-bond acceptors (Lipinski definition) is 3. The molecule has 1 heterocycles. The van der Waals surface area contributed by atoms with Crippen LogP contribution in [0, 0.1) is 12.8 Å². The van der Waals surface area contributed by atoms with E-state index in [-0.39, 0.29) is 17.3 Å². The van der Waals surface area contributed by atoms with Gasteiger partial charge in [-0.05, 0) is 66.4 Å². The minimum absolute atomic E-state index is 0.168. The van der Waals surface area contributed by atoms with E-state index in [0.29, 0.717) is 30.1 Å². The molecule has 0 aliphatic carbocycles. The maximum atomic E-state index is 13.2. The number of piperidine rings is 1. The summed E-state index contributed by atoms with van der Waals surface area (Å²) in [4.78, 5) is 13.1. The van der Waals surface area contributed by atoms with E-state index in [2.05, 4.69) is 5.32 Å². The van der Waals surface area contributed by atoms with Crippen LogP contribution in [0.5, 0.6) is 0 Å². The number of rotatable bonds is 4. The van der Waals surface area contributed by atoms with E-state index in [1.54, 1.807) is 30.3 Å². The predicted octanol–water partition coefficient (Wildman–Crippen LogP) is 4.84. The Hall–Kier alpha value is -2.41. The average molecular weight is 443 g/mol. The van der Waals surface area contributed by atoms with Crippen molar-refractivity contribution in [3.63, 3.8) is 0 Å². The molecule has 0 bridgehead atoms. The summed E-state index contributed by atoms with van der Waals surface area (Å²) in [5, 5.41) is 5.40. The summed E-state index contributed by atoms with van der Waals surface area (Å²) >= 11 is 5.98. The van der Waals surface area contributed by atoms with Gasteiger partial charge in [-0.25, -0.2) is 8.42 Å². The minimum Gasteiger partial charge on any atom is -0.326 e. The zero-order valence-corrected chi connectivity index (χ0v) is 18.2. The zero-order valence-electron chi connectivity index (χ0n) is 16.6. The van der Waals surface area contributed by atoms with Crippen molar-refractivity contribution in [3.8, 4) is 0 Å². The van der Waals surface area contributed by atoms with Gasteiger partial charge in [0.05, 0.1) is 10.8 Å². The number of sulfonamides is 1. The molecule has 1 aliphatic heterocycles. The summed E-state index contributed by atoms with van der Waals surface area (Å²) in [5.41, 5.74) is 1.56. The summed E-state index contributed by atoms with van der Waals surface area (Å²) in [5.74, 6) is -0.567. The fourth-order valence-corrected chi connectivity index (χ4v) is 5.64. The molecule has 0 aromatic heterocycles. The van der Waals surface area contributed by atoms with E-state index in [9.17, 15) is 13.2 Å². The lowest BCUT2D eigenvalue weighted by Crippen LogP contribution is -2.43. The van der Waals surface area contributed by atoms with Crippen LogP contribution in [0.4, 0.5) is 5.69 Å². The Labute approximate surface area is 181 Å². The second kappa shape index (κ2) is 8.38. The monoisotopic (exact) mass is 442 g/mol. The zero-order chi connectivity index (χ0) is 21.3. The van der Waals surface area contributed by atoms with Crippen LogP contribution in [0.15, 0.2) is 65.6 Å². The van der Waals surface area contributed by atoms with Crippen molar-refractivity contribution in [2.24, 2.45) is 5.92 Å². The SMILES string of the molecule is Cc1cc(Cl)ccc1NC(=O)[C@H]1CCCN(S(=O)(=O)c2ccc3ccccc3c2)C1. The van der Waals surface area contributed by atoms with Gasteiger partial charge < -0.3 is 5.32 Å². The highest BCUT2D eigenvalue weighted by Gasteiger charge is 2.33. The van der Waals surface area contributed by atoms with Crippen LogP contribution in [0.3, 0.4) is 0 Å². The van der Waals surface area contributed by atoms with Crippen molar-refractivity contribution in [3.05, 3.63) is 71.2 Å². The molecule has 3 aromatic carbocycles. The normalized spacial score (nSPS) is 17.7. The Morgan fingerprint density at radius 1 is 1.07 bits per heavy atom. The van der Waals surface area contributed by atoms with Crippen LogP contribution < -0.4 is 5.32 Å². The lowest BCUT2D eigenvalue weighted by atomic mass is 9.98. The van der Waals surface area contributed by atoms with Crippen LogP contribution >= 0.6 is 11.6 Å². The number of carbonyl (C=O) groups excluding carboxylic acids is 1. The molecule has 0 unspecified atom stereocenters. The Balaban J connectivity index is 1.52. The average Bonchev–Trinajstić information content (AvgIpc) is 2.75. The van der Waals surface area contributed by atoms with Gasteiger partial charge in [-0.1, -0.05) is 41.9 Å². The lowest BCUT2D eigenvalue weighted by molar-refractivity contribution is -0.120. The van der Waals surface area contributed by atoms with Crippen molar-refractivity contribution >= 4 is 44.0 Å². The molecule has 30 heavy (non-hydrogen) atoms. The molecule has 0 spiro atoms. The molecule has 0 radical (unpaired) electrons. The first kappa shape index (κ1) is 20.8. The fourth-order valence-electron chi connectivity index (χ4n) is 3.85. The standard InChI is InChI=1S/C23H23ClN2O3S/c1-16-13-20(24)9-11-22(16)25-23(27)19-7-4-12-26(15-19)30(28,29)21-10-8-17-5-2-3-6-18(17)14-21/h2-3,5-6,8-11,13-14,19H,4,7,12,15H2,1H3,(H,25,27)/t19-/m0/s1. The number of fused-ring (bicyclic) bond motifs is 1. The molecule has 156 valence electrons. The van der Waals surface area contributed by atoms with E-state index in [1.165, 1.54) is 4.31 Å². The third-order valence-electron chi connectivity index (χ3n) is 5.56. The summed E-state index contributed by atoms with van der Waals surface area (Å²) in [6.45, 7) is 2.46. The van der Waals surface area contributed by atoms with Gasteiger partial charge in [-0.15, -0.1) is 0 Å². The Morgan fingerprint density at radius 2 is 1.83 bits per heavy atom.